The zero-order valence-corrected chi connectivity index (χ0v) is 14.1. The topological polar surface area (TPSA) is 73.6 Å². The van der Waals surface area contributed by atoms with Crippen molar-refractivity contribution in [1.29, 1.82) is 0 Å². The van der Waals surface area contributed by atoms with Gasteiger partial charge in [-0.1, -0.05) is 6.07 Å². The molecule has 2 aromatic carbocycles. The molecular weight excluding hydrogens is 346 g/mol. The lowest BCUT2D eigenvalue weighted by Gasteiger charge is -2.23. The molecule has 1 saturated heterocycles. The van der Waals surface area contributed by atoms with E-state index in [1.807, 2.05) is 0 Å². The standard InChI is InChI=1S/C18H18F2N2O4/c1-25-10-12-8-13(22(23)24)3-5-16(12)21-17-6-7-26-18(17)11-2-4-14(19)15(20)9-11/h2-5,8-9,17-18,21H,6-7,10H2,1H3. The summed E-state index contributed by atoms with van der Waals surface area (Å²) >= 11 is 0. The first-order valence-electron chi connectivity index (χ1n) is 8.09. The number of ether oxygens (including phenoxy) is 2. The minimum absolute atomic E-state index is 0.0255. The molecule has 0 saturated carbocycles. The summed E-state index contributed by atoms with van der Waals surface area (Å²) in [5, 5.41) is 14.3. The molecule has 1 fully saturated rings. The van der Waals surface area contributed by atoms with Crippen molar-refractivity contribution in [2.45, 2.75) is 25.2 Å². The number of nitro benzene ring substituents is 1. The summed E-state index contributed by atoms with van der Waals surface area (Å²) in [6, 6.07) is 7.99. The van der Waals surface area contributed by atoms with Gasteiger partial charge in [-0.3, -0.25) is 10.1 Å². The van der Waals surface area contributed by atoms with Crippen LogP contribution in [0.5, 0.6) is 0 Å². The van der Waals surface area contributed by atoms with Gasteiger partial charge in [-0.15, -0.1) is 0 Å². The first kappa shape index (κ1) is 18.2. The van der Waals surface area contributed by atoms with E-state index in [4.69, 9.17) is 9.47 Å². The van der Waals surface area contributed by atoms with Crippen molar-refractivity contribution in [3.63, 3.8) is 0 Å². The quantitative estimate of drug-likeness (QED) is 0.620. The number of benzene rings is 2. The van der Waals surface area contributed by atoms with Gasteiger partial charge < -0.3 is 14.8 Å². The number of hydrogen-bond donors (Lipinski definition) is 1. The lowest BCUT2D eigenvalue weighted by Crippen LogP contribution is -2.24. The van der Waals surface area contributed by atoms with Crippen LogP contribution in [-0.2, 0) is 16.1 Å². The Labute approximate surface area is 148 Å². The van der Waals surface area contributed by atoms with Crippen molar-refractivity contribution in [3.8, 4) is 0 Å². The maximum absolute atomic E-state index is 13.5. The fourth-order valence-corrected chi connectivity index (χ4v) is 3.06. The molecule has 8 heteroatoms. The molecule has 1 heterocycles. The van der Waals surface area contributed by atoms with Crippen LogP contribution in [0.15, 0.2) is 36.4 Å². The Hall–Kier alpha value is -2.58. The van der Waals surface area contributed by atoms with Gasteiger partial charge >= 0.3 is 0 Å². The third kappa shape index (κ3) is 3.81. The van der Waals surface area contributed by atoms with Crippen molar-refractivity contribution >= 4 is 11.4 Å². The maximum atomic E-state index is 13.5. The number of nitrogens with zero attached hydrogens (tertiary/aromatic N) is 1. The molecule has 2 unspecified atom stereocenters. The van der Waals surface area contributed by atoms with Crippen LogP contribution in [0.3, 0.4) is 0 Å². The van der Waals surface area contributed by atoms with Crippen molar-refractivity contribution in [2.24, 2.45) is 0 Å². The number of hydrogen-bond acceptors (Lipinski definition) is 5. The van der Waals surface area contributed by atoms with Crippen LogP contribution in [0.2, 0.25) is 0 Å². The molecule has 26 heavy (non-hydrogen) atoms. The predicted molar refractivity (Wildman–Crippen MR) is 90.9 cm³/mol. The Bertz CT molecular complexity index is 816. The van der Waals surface area contributed by atoms with Gasteiger partial charge in [0, 0.05) is 37.1 Å². The highest BCUT2D eigenvalue weighted by Crippen LogP contribution is 2.34. The molecule has 6 nitrogen and oxygen atoms in total. The van der Waals surface area contributed by atoms with Crippen LogP contribution in [-0.4, -0.2) is 24.7 Å². The molecule has 0 aliphatic carbocycles. The van der Waals surface area contributed by atoms with Gasteiger partial charge in [-0.05, 0) is 30.2 Å². The molecule has 0 radical (unpaired) electrons. The Balaban J connectivity index is 1.84. The molecule has 0 spiro atoms. The largest absolute Gasteiger partial charge is 0.380 e. The van der Waals surface area contributed by atoms with E-state index in [1.165, 1.54) is 25.3 Å². The SMILES string of the molecule is COCc1cc([N+](=O)[O-])ccc1NC1CCOC1c1ccc(F)c(F)c1. The van der Waals surface area contributed by atoms with Crippen LogP contribution in [0, 0.1) is 21.7 Å². The van der Waals surface area contributed by atoms with E-state index in [0.717, 1.165) is 12.1 Å². The second-order valence-corrected chi connectivity index (χ2v) is 6.04. The van der Waals surface area contributed by atoms with E-state index in [1.54, 1.807) is 6.07 Å². The third-order valence-electron chi connectivity index (χ3n) is 4.30. The van der Waals surface area contributed by atoms with Gasteiger partial charge in [0.25, 0.3) is 5.69 Å². The molecule has 1 N–H and O–H groups in total. The third-order valence-corrected chi connectivity index (χ3v) is 4.30. The van der Waals surface area contributed by atoms with Crippen LogP contribution in [0.4, 0.5) is 20.2 Å². The van der Waals surface area contributed by atoms with Crippen molar-refractivity contribution < 1.29 is 23.2 Å². The Morgan fingerprint density at radius 2 is 2.08 bits per heavy atom. The zero-order chi connectivity index (χ0) is 18.7. The molecule has 0 aromatic heterocycles. The number of nitro groups is 1. The number of methoxy groups -OCH3 is 1. The minimum atomic E-state index is -0.924. The minimum Gasteiger partial charge on any atom is -0.380 e. The van der Waals surface area contributed by atoms with E-state index in [-0.39, 0.29) is 18.3 Å². The summed E-state index contributed by atoms with van der Waals surface area (Å²) < 4.78 is 37.5. The molecule has 1 aliphatic heterocycles. The fourth-order valence-electron chi connectivity index (χ4n) is 3.06. The van der Waals surface area contributed by atoms with Crippen LogP contribution < -0.4 is 5.32 Å². The molecule has 2 atom stereocenters. The summed E-state index contributed by atoms with van der Waals surface area (Å²) in [6.07, 6.45) is 0.211. The van der Waals surface area contributed by atoms with Gasteiger partial charge in [0.15, 0.2) is 11.6 Å². The van der Waals surface area contributed by atoms with Crippen LogP contribution in [0.25, 0.3) is 0 Å². The number of rotatable bonds is 6. The average molecular weight is 364 g/mol. The molecule has 3 rings (SSSR count). The second kappa shape index (κ2) is 7.76. The fraction of sp³-hybridized carbons (Fsp3) is 0.333. The van der Waals surface area contributed by atoms with E-state index in [9.17, 15) is 18.9 Å². The van der Waals surface area contributed by atoms with Crippen LogP contribution in [0.1, 0.15) is 23.7 Å². The summed E-state index contributed by atoms with van der Waals surface area (Å²) in [5.41, 5.74) is 1.83. The smallest absolute Gasteiger partial charge is 0.269 e. The van der Waals surface area contributed by atoms with Crippen LogP contribution >= 0.6 is 0 Å². The van der Waals surface area contributed by atoms with Gasteiger partial charge in [-0.2, -0.15) is 0 Å². The summed E-state index contributed by atoms with van der Waals surface area (Å²) in [6.45, 7) is 0.668. The summed E-state index contributed by atoms with van der Waals surface area (Å²) in [5.74, 6) is -1.83. The Morgan fingerprint density at radius 1 is 1.27 bits per heavy atom. The van der Waals surface area contributed by atoms with E-state index >= 15 is 0 Å². The van der Waals surface area contributed by atoms with E-state index < -0.39 is 22.7 Å². The van der Waals surface area contributed by atoms with Gasteiger partial charge in [0.1, 0.15) is 6.10 Å². The highest BCUT2D eigenvalue weighted by molar-refractivity contribution is 5.56. The highest BCUT2D eigenvalue weighted by Gasteiger charge is 2.31. The predicted octanol–water partition coefficient (Wildman–Crippen LogP) is 3.96. The molecule has 2 aromatic rings. The molecule has 1 aliphatic rings. The molecule has 0 bridgehead atoms. The number of nitrogens with one attached hydrogen (secondary N) is 1. The normalized spacial score (nSPS) is 19.5. The van der Waals surface area contributed by atoms with Crippen molar-refractivity contribution in [3.05, 3.63) is 69.3 Å². The molecule has 138 valence electrons. The number of non-ortho nitro benzene ring substituents is 1. The first-order valence-corrected chi connectivity index (χ1v) is 8.09. The number of anilines is 1. The van der Waals surface area contributed by atoms with Gasteiger partial charge in [0.05, 0.1) is 17.6 Å². The highest BCUT2D eigenvalue weighted by atomic mass is 19.2. The summed E-state index contributed by atoms with van der Waals surface area (Å²) in [7, 11) is 1.51. The average Bonchev–Trinajstić information content (AvgIpc) is 3.07. The lowest BCUT2D eigenvalue weighted by molar-refractivity contribution is -0.384. The Kier molecular flexibility index (Phi) is 5.43. The first-order chi connectivity index (χ1) is 12.5. The van der Waals surface area contributed by atoms with Crippen molar-refractivity contribution in [1.82, 2.24) is 0 Å². The monoisotopic (exact) mass is 364 g/mol. The maximum Gasteiger partial charge on any atom is 0.269 e. The summed E-state index contributed by atoms with van der Waals surface area (Å²) in [4.78, 5) is 10.5. The molecule has 0 amide bonds. The second-order valence-electron chi connectivity index (χ2n) is 6.04. The zero-order valence-electron chi connectivity index (χ0n) is 14.1. The molecular formula is C18H18F2N2O4. The van der Waals surface area contributed by atoms with Crippen molar-refractivity contribution in [2.75, 3.05) is 19.0 Å². The van der Waals surface area contributed by atoms with Gasteiger partial charge in [-0.25, -0.2) is 8.78 Å². The van der Waals surface area contributed by atoms with Gasteiger partial charge in [0.2, 0.25) is 0 Å². The number of halogens is 2. The van der Waals surface area contributed by atoms with E-state index in [0.29, 0.717) is 29.8 Å². The lowest BCUT2D eigenvalue weighted by atomic mass is 10.0. The van der Waals surface area contributed by atoms with E-state index in [2.05, 4.69) is 5.32 Å². The Morgan fingerprint density at radius 3 is 2.77 bits per heavy atom.